The summed E-state index contributed by atoms with van der Waals surface area (Å²) in [6.07, 6.45) is 3.02. The van der Waals surface area contributed by atoms with Gasteiger partial charge in [-0.3, -0.25) is 14.9 Å². The summed E-state index contributed by atoms with van der Waals surface area (Å²) in [6, 6.07) is 6.44. The molecule has 1 aromatic carbocycles. The van der Waals surface area contributed by atoms with E-state index >= 15 is 0 Å². The zero-order chi connectivity index (χ0) is 13.8. The van der Waals surface area contributed by atoms with Gasteiger partial charge in [0.15, 0.2) is 0 Å². The second-order valence-electron chi connectivity index (χ2n) is 5.09. The third kappa shape index (κ3) is 3.77. The quantitative estimate of drug-likeness (QED) is 0.631. The third-order valence-corrected chi connectivity index (χ3v) is 3.60. The van der Waals surface area contributed by atoms with Crippen molar-refractivity contribution in [1.82, 2.24) is 5.32 Å². The maximum atomic E-state index is 11.8. The van der Waals surface area contributed by atoms with Gasteiger partial charge >= 0.3 is 0 Å². The van der Waals surface area contributed by atoms with E-state index in [1.807, 2.05) is 6.92 Å². The van der Waals surface area contributed by atoms with Crippen LogP contribution in [0.4, 0.5) is 5.69 Å². The molecule has 5 nitrogen and oxygen atoms in total. The summed E-state index contributed by atoms with van der Waals surface area (Å²) in [7, 11) is 0. The molecule has 1 aromatic rings. The summed E-state index contributed by atoms with van der Waals surface area (Å²) in [5.74, 6) is 0.792. The van der Waals surface area contributed by atoms with Crippen LogP contribution in [0.5, 0.6) is 0 Å². The van der Waals surface area contributed by atoms with Crippen molar-refractivity contribution in [2.45, 2.75) is 26.2 Å². The lowest BCUT2D eigenvalue weighted by Gasteiger charge is -2.10. The number of non-ortho nitro benzene ring substituents is 1. The summed E-state index contributed by atoms with van der Waals surface area (Å²) < 4.78 is 0. The van der Waals surface area contributed by atoms with Crippen molar-refractivity contribution in [2.75, 3.05) is 6.54 Å². The molecular weight excluding hydrogens is 244 g/mol. The van der Waals surface area contributed by atoms with E-state index < -0.39 is 4.92 Å². The molecule has 0 spiro atoms. The van der Waals surface area contributed by atoms with Gasteiger partial charge in [-0.05, 0) is 30.7 Å². The number of nitrogens with zero attached hydrogens (tertiary/aromatic N) is 1. The number of carbonyl (C=O) groups is 1. The number of rotatable bonds is 6. The molecule has 1 fully saturated rings. The Hall–Kier alpha value is -1.91. The highest BCUT2D eigenvalue weighted by Crippen LogP contribution is 2.36. The zero-order valence-electron chi connectivity index (χ0n) is 11.0. The van der Waals surface area contributed by atoms with Gasteiger partial charge in [-0.2, -0.15) is 0 Å². The molecule has 1 aliphatic carbocycles. The fourth-order valence-corrected chi connectivity index (χ4v) is 2.09. The van der Waals surface area contributed by atoms with Gasteiger partial charge in [-0.1, -0.05) is 19.1 Å². The molecule has 0 heterocycles. The summed E-state index contributed by atoms with van der Waals surface area (Å²) in [5, 5.41) is 13.4. The largest absolute Gasteiger partial charge is 0.356 e. The molecule has 0 radical (unpaired) electrons. The summed E-state index contributed by atoms with van der Waals surface area (Å²) in [6.45, 7) is 2.55. The number of carbonyl (C=O) groups excluding carboxylic acids is 1. The Bertz CT molecular complexity index is 466. The predicted octanol–water partition coefficient (Wildman–Crippen LogP) is 2.30. The van der Waals surface area contributed by atoms with Crippen LogP contribution in [-0.4, -0.2) is 17.4 Å². The number of amides is 1. The third-order valence-electron chi connectivity index (χ3n) is 3.60. The minimum atomic E-state index is -0.414. The predicted molar refractivity (Wildman–Crippen MR) is 71.7 cm³/mol. The molecule has 1 atom stereocenters. The Morgan fingerprint density at radius 2 is 2.05 bits per heavy atom. The van der Waals surface area contributed by atoms with E-state index in [-0.39, 0.29) is 17.5 Å². The number of nitro benzene ring substituents is 1. The second kappa shape index (κ2) is 5.82. The monoisotopic (exact) mass is 262 g/mol. The molecule has 0 aromatic heterocycles. The maximum absolute atomic E-state index is 11.8. The number of nitro groups is 1. The van der Waals surface area contributed by atoms with Crippen LogP contribution in [0.3, 0.4) is 0 Å². The van der Waals surface area contributed by atoms with Gasteiger partial charge in [-0.15, -0.1) is 0 Å². The zero-order valence-corrected chi connectivity index (χ0v) is 11.0. The molecule has 1 amide bonds. The number of nitrogens with one attached hydrogen (secondary N) is 1. The highest BCUT2D eigenvalue weighted by atomic mass is 16.6. The van der Waals surface area contributed by atoms with Gasteiger partial charge in [0.25, 0.3) is 5.69 Å². The molecule has 19 heavy (non-hydrogen) atoms. The first-order chi connectivity index (χ1) is 9.08. The molecular formula is C14H18N2O3. The van der Waals surface area contributed by atoms with Gasteiger partial charge < -0.3 is 5.32 Å². The van der Waals surface area contributed by atoms with Crippen LogP contribution < -0.4 is 5.32 Å². The first-order valence-corrected chi connectivity index (χ1v) is 6.59. The van der Waals surface area contributed by atoms with Gasteiger partial charge in [-0.25, -0.2) is 0 Å². The van der Waals surface area contributed by atoms with Crippen LogP contribution in [0.1, 0.15) is 25.3 Å². The van der Waals surface area contributed by atoms with Crippen LogP contribution in [0.15, 0.2) is 24.3 Å². The van der Waals surface area contributed by atoms with E-state index in [9.17, 15) is 14.9 Å². The topological polar surface area (TPSA) is 72.2 Å². The maximum Gasteiger partial charge on any atom is 0.269 e. The van der Waals surface area contributed by atoms with Gasteiger partial charge in [0.1, 0.15) is 0 Å². The molecule has 0 aliphatic heterocycles. The van der Waals surface area contributed by atoms with Gasteiger partial charge in [0.2, 0.25) is 5.91 Å². The van der Waals surface area contributed by atoms with Crippen molar-refractivity contribution in [1.29, 1.82) is 0 Å². The highest BCUT2D eigenvalue weighted by Gasteiger charge is 2.32. The summed E-state index contributed by atoms with van der Waals surface area (Å²) >= 11 is 0. The minimum absolute atomic E-state index is 0.0927. The molecule has 0 saturated heterocycles. The number of hydrogen-bond donors (Lipinski definition) is 1. The first-order valence-electron chi connectivity index (χ1n) is 6.59. The van der Waals surface area contributed by atoms with Crippen LogP contribution in [0, 0.1) is 22.0 Å². The second-order valence-corrected chi connectivity index (χ2v) is 5.09. The van der Waals surface area contributed by atoms with E-state index in [1.165, 1.54) is 12.1 Å². The standard InChI is InChI=1S/C14H18N2O3/c1-10(12-4-5-12)14(17)15-9-8-11-2-6-13(7-3-11)16(18)19/h2-3,6-7,10,12H,4-5,8-9H2,1H3,(H,15,17). The van der Waals surface area contributed by atoms with Crippen molar-refractivity contribution in [3.63, 3.8) is 0 Å². The number of benzene rings is 1. The SMILES string of the molecule is CC(C(=O)NCCc1ccc([N+](=O)[O-])cc1)C1CC1. The average molecular weight is 262 g/mol. The molecule has 0 bridgehead atoms. The fraction of sp³-hybridized carbons (Fsp3) is 0.500. The first kappa shape index (κ1) is 13.5. The fourth-order valence-electron chi connectivity index (χ4n) is 2.09. The summed E-state index contributed by atoms with van der Waals surface area (Å²) in [5.41, 5.74) is 1.08. The normalized spacial score (nSPS) is 15.8. The molecule has 102 valence electrons. The average Bonchev–Trinajstić information content (AvgIpc) is 3.22. The van der Waals surface area contributed by atoms with E-state index in [0.717, 1.165) is 18.4 Å². The molecule has 1 saturated carbocycles. The van der Waals surface area contributed by atoms with Crippen molar-refractivity contribution >= 4 is 11.6 Å². The van der Waals surface area contributed by atoms with E-state index in [4.69, 9.17) is 0 Å². The molecule has 2 rings (SSSR count). The van der Waals surface area contributed by atoms with Crippen LogP contribution in [-0.2, 0) is 11.2 Å². The molecule has 1 aliphatic rings. The van der Waals surface area contributed by atoms with Crippen LogP contribution >= 0.6 is 0 Å². The van der Waals surface area contributed by atoms with Crippen molar-refractivity contribution in [3.05, 3.63) is 39.9 Å². The van der Waals surface area contributed by atoms with E-state index in [1.54, 1.807) is 12.1 Å². The molecule has 1 N–H and O–H groups in total. The van der Waals surface area contributed by atoms with Crippen LogP contribution in [0.2, 0.25) is 0 Å². The Balaban J connectivity index is 1.75. The Morgan fingerprint density at radius 1 is 1.42 bits per heavy atom. The van der Waals surface area contributed by atoms with Crippen molar-refractivity contribution in [2.24, 2.45) is 11.8 Å². The lowest BCUT2D eigenvalue weighted by Crippen LogP contribution is -2.31. The van der Waals surface area contributed by atoms with Gasteiger partial charge in [0, 0.05) is 24.6 Å². The van der Waals surface area contributed by atoms with Crippen LogP contribution in [0.25, 0.3) is 0 Å². The lowest BCUT2D eigenvalue weighted by atomic mass is 10.1. The molecule has 1 unspecified atom stereocenters. The van der Waals surface area contributed by atoms with Crippen molar-refractivity contribution in [3.8, 4) is 0 Å². The Labute approximate surface area is 112 Å². The minimum Gasteiger partial charge on any atom is -0.356 e. The van der Waals surface area contributed by atoms with E-state index in [0.29, 0.717) is 18.9 Å². The van der Waals surface area contributed by atoms with Gasteiger partial charge in [0.05, 0.1) is 4.92 Å². The summed E-state index contributed by atoms with van der Waals surface area (Å²) in [4.78, 5) is 21.9. The van der Waals surface area contributed by atoms with Crippen molar-refractivity contribution < 1.29 is 9.72 Å². The number of hydrogen-bond acceptors (Lipinski definition) is 3. The smallest absolute Gasteiger partial charge is 0.269 e. The Morgan fingerprint density at radius 3 is 2.58 bits per heavy atom. The molecule has 5 heteroatoms. The highest BCUT2D eigenvalue weighted by molar-refractivity contribution is 5.78. The lowest BCUT2D eigenvalue weighted by molar-refractivity contribution is -0.384. The van der Waals surface area contributed by atoms with E-state index in [2.05, 4.69) is 5.32 Å². The Kier molecular flexibility index (Phi) is 4.14.